The molecule has 0 saturated carbocycles. The van der Waals surface area contributed by atoms with Gasteiger partial charge in [-0.25, -0.2) is 4.39 Å². The van der Waals surface area contributed by atoms with Crippen LogP contribution >= 0.6 is 0 Å². The highest BCUT2D eigenvalue weighted by Gasteiger charge is 2.27. The molecule has 0 radical (unpaired) electrons. The number of hydrogen-bond acceptors (Lipinski definition) is 1. The zero-order valence-corrected chi connectivity index (χ0v) is 17.1. The summed E-state index contributed by atoms with van der Waals surface area (Å²) in [4.78, 5) is 16.9. The van der Waals surface area contributed by atoms with Crippen molar-refractivity contribution in [2.75, 3.05) is 13.3 Å². The molecule has 0 fully saturated rings. The summed E-state index contributed by atoms with van der Waals surface area (Å²) in [5, 5.41) is 1.33. The maximum absolute atomic E-state index is 12.8. The maximum atomic E-state index is 12.8. The number of unbranched alkanes of at least 4 members (excludes halogenated alkanes) is 2. The number of halogens is 1. The highest BCUT2D eigenvalue weighted by molar-refractivity contribution is 5.93. The van der Waals surface area contributed by atoms with Gasteiger partial charge in [-0.1, -0.05) is 55.3 Å². The number of fused-ring (bicyclic) bond motifs is 5. The Balaban J connectivity index is 1.45. The van der Waals surface area contributed by atoms with Crippen molar-refractivity contribution in [1.29, 1.82) is 0 Å². The first-order valence-electron chi connectivity index (χ1n) is 10.8. The van der Waals surface area contributed by atoms with E-state index >= 15 is 0 Å². The van der Waals surface area contributed by atoms with Gasteiger partial charge in [-0.2, -0.15) is 0 Å². The summed E-state index contributed by atoms with van der Waals surface area (Å²) in [6, 6.07) is 17.3. The zero-order valence-electron chi connectivity index (χ0n) is 17.1. The third-order valence-corrected chi connectivity index (χ3v) is 6.23. The van der Waals surface area contributed by atoms with Crippen LogP contribution in [0.5, 0.6) is 0 Å². The molecule has 4 rings (SSSR count). The molecule has 29 heavy (non-hydrogen) atoms. The van der Waals surface area contributed by atoms with Crippen molar-refractivity contribution >= 4 is 16.8 Å². The molecule has 0 bridgehead atoms. The van der Waals surface area contributed by atoms with Crippen molar-refractivity contribution in [1.82, 2.24) is 9.88 Å². The van der Waals surface area contributed by atoms with E-state index in [2.05, 4.69) is 53.5 Å². The molecule has 1 aromatic heterocycles. The molecule has 1 aliphatic rings. The number of carbonyl (C=O) groups excluding carboxylic acids is 1. The third kappa shape index (κ3) is 3.93. The summed E-state index contributed by atoms with van der Waals surface area (Å²) in [5.41, 5.74) is 6.66. The molecule has 1 heterocycles. The summed E-state index contributed by atoms with van der Waals surface area (Å²) < 4.78 is 12.8. The lowest BCUT2D eigenvalue weighted by Gasteiger charge is -2.26. The second-order valence-electron chi connectivity index (χ2n) is 7.99. The number of aromatic amines is 1. The highest BCUT2D eigenvalue weighted by atomic mass is 18.2. The molecule has 1 aliphatic carbocycles. The molecule has 0 aliphatic heterocycles. The molecule has 2 aromatic carbocycles. The van der Waals surface area contributed by atoms with Crippen LogP contribution in [0.15, 0.2) is 48.5 Å². The summed E-state index contributed by atoms with van der Waals surface area (Å²) in [6.45, 7) is 1.58. The number of rotatable bonds is 8. The number of hydrogen-bond donors (Lipinski definition) is 1. The number of H-pyrrole nitrogens is 1. The fourth-order valence-corrected chi connectivity index (χ4v) is 4.69. The number of nitrogens with one attached hydrogen (secondary N) is 1. The smallest absolute Gasteiger partial charge is 0.224 e. The van der Waals surface area contributed by atoms with Gasteiger partial charge in [0.15, 0.2) is 6.80 Å². The van der Waals surface area contributed by atoms with Crippen molar-refractivity contribution in [3.63, 3.8) is 0 Å². The van der Waals surface area contributed by atoms with E-state index in [1.54, 1.807) is 0 Å². The van der Waals surface area contributed by atoms with Crippen LogP contribution in [0.4, 0.5) is 4.39 Å². The summed E-state index contributed by atoms with van der Waals surface area (Å²) in [7, 11) is 0. The van der Waals surface area contributed by atoms with Crippen LogP contribution in [0.25, 0.3) is 22.2 Å². The standard InChI is InChI=1S/C25H29FN2O/c1-2-28(17-26)23(29)15-5-3-4-11-19-16-18-10-6-7-12-20(18)25-24(19)21-13-8-9-14-22(21)27-25/h6-10,12-14,19,27H,2-5,11,15-17H2,1H3/i26-1. The molecule has 4 heteroatoms. The molecule has 3 aromatic rings. The van der Waals surface area contributed by atoms with Crippen LogP contribution in [0, 0.1) is 0 Å². The molecule has 0 spiro atoms. The second-order valence-corrected chi connectivity index (χ2v) is 7.99. The minimum atomic E-state index is -0.680. The Kier molecular flexibility index (Phi) is 5.98. The molecular formula is C25H29FN2O. The van der Waals surface area contributed by atoms with Crippen LogP contribution in [-0.4, -0.2) is 29.1 Å². The lowest BCUT2D eigenvalue weighted by molar-refractivity contribution is -0.132. The average molecular weight is 392 g/mol. The number of alkyl halides is 1. The van der Waals surface area contributed by atoms with E-state index in [0.717, 1.165) is 32.1 Å². The van der Waals surface area contributed by atoms with Crippen molar-refractivity contribution in [2.24, 2.45) is 0 Å². The van der Waals surface area contributed by atoms with Gasteiger partial charge < -0.3 is 9.88 Å². The Morgan fingerprint density at radius 3 is 2.72 bits per heavy atom. The Morgan fingerprint density at radius 2 is 1.90 bits per heavy atom. The Bertz CT molecular complexity index is 989. The summed E-state index contributed by atoms with van der Waals surface area (Å²) in [6.07, 6.45) is 5.54. The van der Waals surface area contributed by atoms with E-state index in [1.165, 1.54) is 38.2 Å². The molecule has 1 unspecified atom stereocenters. The van der Waals surface area contributed by atoms with Gasteiger partial charge in [0.25, 0.3) is 0 Å². The second kappa shape index (κ2) is 8.81. The van der Waals surface area contributed by atoms with Gasteiger partial charge in [-0.05, 0) is 49.3 Å². The van der Waals surface area contributed by atoms with Crippen LogP contribution in [-0.2, 0) is 11.2 Å². The monoisotopic (exact) mass is 391 g/mol. The number of amides is 1. The zero-order chi connectivity index (χ0) is 20.2. The normalized spacial score (nSPS) is 15.2. The van der Waals surface area contributed by atoms with Crippen LogP contribution < -0.4 is 0 Å². The van der Waals surface area contributed by atoms with Crippen molar-refractivity contribution < 1.29 is 9.18 Å². The summed E-state index contributed by atoms with van der Waals surface area (Å²) in [5.74, 6) is 0.422. The van der Waals surface area contributed by atoms with Crippen molar-refractivity contribution in [3.8, 4) is 11.3 Å². The van der Waals surface area contributed by atoms with Gasteiger partial charge in [0.2, 0.25) is 5.91 Å². The van der Waals surface area contributed by atoms with Crippen LogP contribution in [0.3, 0.4) is 0 Å². The van der Waals surface area contributed by atoms with E-state index < -0.39 is 6.80 Å². The van der Waals surface area contributed by atoms with Gasteiger partial charge in [-0.3, -0.25) is 4.79 Å². The van der Waals surface area contributed by atoms with Gasteiger partial charge in [0.05, 0.1) is 5.69 Å². The van der Waals surface area contributed by atoms with Gasteiger partial charge in [-0.15, -0.1) is 0 Å². The van der Waals surface area contributed by atoms with Crippen LogP contribution in [0.2, 0.25) is 0 Å². The minimum Gasteiger partial charge on any atom is -0.354 e. The lowest BCUT2D eigenvalue weighted by Crippen LogP contribution is -2.29. The van der Waals surface area contributed by atoms with E-state index in [1.807, 2.05) is 6.92 Å². The molecule has 1 atom stereocenters. The molecular weight excluding hydrogens is 362 g/mol. The molecule has 0 saturated heterocycles. The van der Waals surface area contributed by atoms with E-state index in [9.17, 15) is 9.18 Å². The Labute approximate surface area is 171 Å². The largest absolute Gasteiger partial charge is 0.354 e. The topological polar surface area (TPSA) is 36.1 Å². The van der Waals surface area contributed by atoms with Crippen molar-refractivity contribution in [2.45, 2.75) is 51.4 Å². The van der Waals surface area contributed by atoms with E-state index in [0.29, 0.717) is 18.9 Å². The first-order valence-corrected chi connectivity index (χ1v) is 10.8. The Morgan fingerprint density at radius 1 is 1.10 bits per heavy atom. The molecule has 3 nitrogen and oxygen atoms in total. The van der Waals surface area contributed by atoms with E-state index in [4.69, 9.17) is 0 Å². The van der Waals surface area contributed by atoms with Gasteiger partial charge in [0, 0.05) is 29.4 Å². The fourth-order valence-electron chi connectivity index (χ4n) is 4.69. The number of benzene rings is 2. The number of carbonyl (C=O) groups is 1. The first kappa shape index (κ1) is 19.7. The SMILES string of the molecule is CCN(C[18F])C(=O)CCCCCC1Cc2ccccc2-c2[nH]c3ccccc3c21. The summed E-state index contributed by atoms with van der Waals surface area (Å²) >= 11 is 0. The first-order chi connectivity index (χ1) is 14.2. The van der Waals surface area contributed by atoms with Gasteiger partial charge in [0.1, 0.15) is 0 Å². The number of para-hydroxylation sites is 1. The fraction of sp³-hybridized carbons (Fsp3) is 0.400. The molecule has 152 valence electrons. The molecule has 1 N–H and O–H groups in total. The Hall–Kier alpha value is -2.62. The average Bonchev–Trinajstić information content (AvgIpc) is 3.14. The predicted octanol–water partition coefficient (Wildman–Crippen LogP) is 6.20. The van der Waals surface area contributed by atoms with Crippen LogP contribution in [0.1, 0.15) is 56.1 Å². The van der Waals surface area contributed by atoms with Gasteiger partial charge >= 0.3 is 0 Å². The highest BCUT2D eigenvalue weighted by Crippen LogP contribution is 2.45. The molecule has 1 amide bonds. The lowest BCUT2D eigenvalue weighted by atomic mass is 9.78. The van der Waals surface area contributed by atoms with E-state index in [-0.39, 0.29) is 5.91 Å². The maximum Gasteiger partial charge on any atom is 0.224 e. The predicted molar refractivity (Wildman–Crippen MR) is 117 cm³/mol. The number of aromatic nitrogens is 1. The third-order valence-electron chi connectivity index (χ3n) is 6.23. The minimum absolute atomic E-state index is 0.0690. The van der Waals surface area contributed by atoms with Crippen molar-refractivity contribution in [3.05, 3.63) is 59.7 Å². The number of nitrogens with zero attached hydrogens (tertiary/aromatic N) is 1. The quantitative estimate of drug-likeness (QED) is 0.360.